The molecule has 3 rings (SSSR count). The monoisotopic (exact) mass is 528 g/mol. The van der Waals surface area contributed by atoms with Crippen molar-refractivity contribution in [2.45, 2.75) is 18.7 Å². The number of nitrogens with one attached hydrogen (secondary N) is 3. The molecule has 0 radical (unpaired) electrons. The lowest BCUT2D eigenvalue weighted by molar-refractivity contribution is -0.205. The molecule has 2 aromatic heterocycles. The number of anilines is 1. The third-order valence-corrected chi connectivity index (χ3v) is 5.46. The lowest BCUT2D eigenvalue weighted by Crippen LogP contribution is -2.36. The van der Waals surface area contributed by atoms with Crippen molar-refractivity contribution >= 4 is 38.6 Å². The largest absolute Gasteiger partial charge is 0.490 e. The second kappa shape index (κ2) is 11.0. The number of hydrogen-bond acceptors (Lipinski definition) is 7. The van der Waals surface area contributed by atoms with Gasteiger partial charge in [-0.05, 0) is 41.8 Å². The first-order chi connectivity index (χ1) is 16.9. The smallest absolute Gasteiger partial charge is 0.439 e. The molecular weight excluding hydrogens is 505 g/mol. The van der Waals surface area contributed by atoms with Crippen molar-refractivity contribution in [1.82, 2.24) is 15.3 Å². The van der Waals surface area contributed by atoms with Gasteiger partial charge in [-0.1, -0.05) is 12.1 Å². The molecule has 1 amide bonds. The molecule has 194 valence electrons. The summed E-state index contributed by atoms with van der Waals surface area (Å²) in [6.45, 7) is 0.399. The SMILES string of the molecule is COCCCNC(=O)C(OC(=O)C(F)(F)F)c1cc2c(-c3ccc(NS(C)(=O)=O)cc3)ccnc2[nH]1. The average Bonchev–Trinajstić information content (AvgIpc) is 3.23. The molecule has 0 saturated heterocycles. The van der Waals surface area contributed by atoms with Crippen LogP contribution in [0.1, 0.15) is 18.2 Å². The molecule has 3 N–H and O–H groups in total. The van der Waals surface area contributed by atoms with Crippen molar-refractivity contribution in [3.05, 3.63) is 48.3 Å². The summed E-state index contributed by atoms with van der Waals surface area (Å²) in [5.74, 6) is -3.46. The number of H-pyrrole nitrogens is 1. The Hall–Kier alpha value is -3.65. The summed E-state index contributed by atoms with van der Waals surface area (Å²) < 4.78 is 73.2. The summed E-state index contributed by atoms with van der Waals surface area (Å²) in [4.78, 5) is 31.1. The minimum absolute atomic E-state index is 0.0876. The van der Waals surface area contributed by atoms with Gasteiger partial charge in [0, 0.05) is 37.5 Å². The van der Waals surface area contributed by atoms with Crippen molar-refractivity contribution in [2.75, 3.05) is 31.2 Å². The summed E-state index contributed by atoms with van der Waals surface area (Å²) in [7, 11) is -2.01. The summed E-state index contributed by atoms with van der Waals surface area (Å²) in [6.07, 6.45) is -4.35. The molecule has 2 heterocycles. The minimum Gasteiger partial charge on any atom is -0.439 e. The van der Waals surface area contributed by atoms with Gasteiger partial charge in [0.05, 0.1) is 11.9 Å². The number of halogens is 3. The number of pyridine rings is 1. The molecule has 0 aliphatic carbocycles. The maximum absolute atomic E-state index is 12.9. The Labute approximate surface area is 204 Å². The zero-order chi connectivity index (χ0) is 26.5. The van der Waals surface area contributed by atoms with Crippen LogP contribution in [0.3, 0.4) is 0 Å². The van der Waals surface area contributed by atoms with Gasteiger partial charge in [-0.2, -0.15) is 13.2 Å². The van der Waals surface area contributed by atoms with E-state index < -0.39 is 34.2 Å². The first-order valence-electron chi connectivity index (χ1n) is 10.5. The molecule has 1 aromatic carbocycles. The number of hydrogen-bond donors (Lipinski definition) is 3. The highest BCUT2D eigenvalue weighted by atomic mass is 32.2. The van der Waals surface area contributed by atoms with Crippen LogP contribution in [0, 0.1) is 0 Å². The molecule has 0 aliphatic rings. The van der Waals surface area contributed by atoms with Gasteiger partial charge in [-0.3, -0.25) is 9.52 Å². The topological polar surface area (TPSA) is 139 Å². The summed E-state index contributed by atoms with van der Waals surface area (Å²) >= 11 is 0. The second-order valence-electron chi connectivity index (χ2n) is 7.72. The van der Waals surface area contributed by atoms with Crippen molar-refractivity contribution < 1.29 is 40.7 Å². The molecule has 0 spiro atoms. The average molecular weight is 529 g/mol. The molecule has 0 saturated carbocycles. The van der Waals surface area contributed by atoms with Crippen LogP contribution >= 0.6 is 0 Å². The fraction of sp³-hybridized carbons (Fsp3) is 0.318. The Morgan fingerprint density at radius 1 is 1.17 bits per heavy atom. The third-order valence-electron chi connectivity index (χ3n) is 4.85. The van der Waals surface area contributed by atoms with E-state index in [4.69, 9.17) is 4.74 Å². The predicted octanol–water partition coefficient (Wildman–Crippen LogP) is 2.90. The fourth-order valence-corrected chi connectivity index (χ4v) is 3.89. The van der Waals surface area contributed by atoms with E-state index in [0.717, 1.165) is 6.26 Å². The molecule has 0 aliphatic heterocycles. The zero-order valence-corrected chi connectivity index (χ0v) is 20.0. The van der Waals surface area contributed by atoms with Crippen LogP contribution in [-0.4, -0.2) is 63.0 Å². The van der Waals surface area contributed by atoms with E-state index in [0.29, 0.717) is 35.2 Å². The van der Waals surface area contributed by atoms with Gasteiger partial charge in [0.15, 0.2) is 0 Å². The molecule has 36 heavy (non-hydrogen) atoms. The van der Waals surface area contributed by atoms with E-state index >= 15 is 0 Å². The van der Waals surface area contributed by atoms with Gasteiger partial charge in [0.25, 0.3) is 5.91 Å². The molecule has 1 atom stereocenters. The van der Waals surface area contributed by atoms with Gasteiger partial charge in [-0.15, -0.1) is 0 Å². The van der Waals surface area contributed by atoms with Crippen molar-refractivity contribution in [1.29, 1.82) is 0 Å². The maximum atomic E-state index is 12.9. The quantitative estimate of drug-likeness (QED) is 0.272. The van der Waals surface area contributed by atoms with Crippen LogP contribution in [-0.2, 0) is 29.1 Å². The summed E-state index contributed by atoms with van der Waals surface area (Å²) in [5, 5.41) is 2.87. The Kier molecular flexibility index (Phi) is 8.20. The van der Waals surface area contributed by atoms with Crippen LogP contribution in [0.25, 0.3) is 22.2 Å². The molecule has 0 fully saturated rings. The maximum Gasteiger partial charge on any atom is 0.490 e. The van der Waals surface area contributed by atoms with E-state index in [-0.39, 0.29) is 17.9 Å². The third kappa shape index (κ3) is 6.95. The first-order valence-corrected chi connectivity index (χ1v) is 12.4. The first kappa shape index (κ1) is 26.9. The van der Waals surface area contributed by atoms with Gasteiger partial charge < -0.3 is 19.8 Å². The number of benzene rings is 1. The number of amides is 1. The Balaban J connectivity index is 1.96. The van der Waals surface area contributed by atoms with Crippen LogP contribution in [0.2, 0.25) is 0 Å². The number of fused-ring (bicyclic) bond motifs is 1. The minimum atomic E-state index is -5.30. The molecule has 10 nitrogen and oxygen atoms in total. The Bertz CT molecular complexity index is 1340. The number of carbonyl (C=O) groups excluding carboxylic acids is 2. The van der Waals surface area contributed by atoms with E-state index in [9.17, 15) is 31.2 Å². The number of methoxy groups -OCH3 is 1. The number of alkyl halides is 3. The lowest BCUT2D eigenvalue weighted by atomic mass is 10.0. The highest BCUT2D eigenvalue weighted by Gasteiger charge is 2.44. The van der Waals surface area contributed by atoms with Gasteiger partial charge in [0.2, 0.25) is 16.1 Å². The number of aromatic amines is 1. The van der Waals surface area contributed by atoms with Crippen LogP contribution < -0.4 is 10.0 Å². The summed E-state index contributed by atoms with van der Waals surface area (Å²) in [6, 6.07) is 9.37. The highest BCUT2D eigenvalue weighted by Crippen LogP contribution is 2.32. The predicted molar refractivity (Wildman–Crippen MR) is 124 cm³/mol. The van der Waals surface area contributed by atoms with E-state index in [2.05, 4.69) is 24.7 Å². The molecule has 3 aromatic rings. The van der Waals surface area contributed by atoms with E-state index in [1.54, 1.807) is 18.2 Å². The van der Waals surface area contributed by atoms with E-state index in [1.165, 1.54) is 31.5 Å². The molecule has 0 bridgehead atoms. The van der Waals surface area contributed by atoms with Crippen molar-refractivity contribution in [3.8, 4) is 11.1 Å². The highest BCUT2D eigenvalue weighted by molar-refractivity contribution is 7.92. The normalized spacial score (nSPS) is 12.8. The summed E-state index contributed by atoms with van der Waals surface area (Å²) in [5.41, 5.74) is 1.70. The molecule has 14 heteroatoms. The van der Waals surface area contributed by atoms with E-state index in [1.807, 2.05) is 0 Å². The standard InChI is InChI=1S/C22H23F3N4O6S/c1-34-11-3-9-27-20(30)18(35-21(31)22(23,24)25)17-12-16-15(8-10-26-19(16)28-17)13-4-6-14(7-5-13)29-36(2,32)33/h4-8,10,12,18,29H,3,9,11H2,1-2H3,(H,26,28)(H,27,30). The van der Waals surface area contributed by atoms with Gasteiger partial charge in [0.1, 0.15) is 5.65 Å². The number of aromatic nitrogens is 2. The number of sulfonamides is 1. The Morgan fingerprint density at radius 3 is 2.47 bits per heavy atom. The van der Waals surface area contributed by atoms with Crippen LogP contribution in [0.15, 0.2) is 42.6 Å². The number of ether oxygens (including phenoxy) is 2. The van der Waals surface area contributed by atoms with Gasteiger partial charge >= 0.3 is 12.1 Å². The molecule has 1 unspecified atom stereocenters. The zero-order valence-electron chi connectivity index (χ0n) is 19.2. The second-order valence-corrected chi connectivity index (χ2v) is 9.47. The Morgan fingerprint density at radius 2 is 1.86 bits per heavy atom. The van der Waals surface area contributed by atoms with Gasteiger partial charge in [-0.25, -0.2) is 18.2 Å². The number of esters is 1. The van der Waals surface area contributed by atoms with Crippen LogP contribution in [0.5, 0.6) is 0 Å². The van der Waals surface area contributed by atoms with Crippen molar-refractivity contribution in [3.63, 3.8) is 0 Å². The number of nitrogens with zero attached hydrogens (tertiary/aromatic N) is 1. The van der Waals surface area contributed by atoms with Crippen molar-refractivity contribution in [2.24, 2.45) is 0 Å². The van der Waals surface area contributed by atoms with Crippen LogP contribution in [0.4, 0.5) is 18.9 Å². The number of carbonyl (C=O) groups is 2. The molecular formula is C22H23F3N4O6S. The number of rotatable bonds is 10. The fourth-order valence-electron chi connectivity index (χ4n) is 3.32. The lowest BCUT2D eigenvalue weighted by Gasteiger charge is -2.17.